The van der Waals surface area contributed by atoms with E-state index >= 15 is 0 Å². The molecule has 12 heteroatoms. The van der Waals surface area contributed by atoms with Gasteiger partial charge in [-0.05, 0) is 32.9 Å². The zero-order chi connectivity index (χ0) is 26.0. The Labute approximate surface area is 216 Å². The molecule has 2 aliphatic rings. The Kier molecular flexibility index (Phi) is 7.74. The number of nitrogens with zero attached hydrogens (tertiary/aromatic N) is 3. The van der Waals surface area contributed by atoms with Gasteiger partial charge in [-0.3, -0.25) is 14.7 Å². The van der Waals surface area contributed by atoms with Crippen LogP contribution < -0.4 is 5.32 Å². The zero-order valence-electron chi connectivity index (χ0n) is 20.0. The van der Waals surface area contributed by atoms with Crippen LogP contribution in [0.2, 0.25) is 5.02 Å². The Morgan fingerprint density at radius 1 is 1.42 bits per heavy atom. The minimum absolute atomic E-state index is 0.00893. The molecule has 0 amide bonds. The van der Waals surface area contributed by atoms with Gasteiger partial charge in [-0.1, -0.05) is 17.7 Å². The van der Waals surface area contributed by atoms with Crippen LogP contribution in [0.5, 0.6) is 0 Å². The van der Waals surface area contributed by atoms with E-state index in [0.717, 1.165) is 6.07 Å². The van der Waals surface area contributed by atoms with Crippen LogP contribution in [0.25, 0.3) is 0 Å². The molecule has 0 spiro atoms. The number of rotatable bonds is 7. The molecule has 3 heterocycles. The number of aliphatic imine (C=N–C) groups is 1. The number of carbonyl (C=O) groups is 2. The molecule has 1 aromatic carbocycles. The van der Waals surface area contributed by atoms with Gasteiger partial charge in [0.1, 0.15) is 17.9 Å². The van der Waals surface area contributed by atoms with E-state index in [9.17, 15) is 19.1 Å². The summed E-state index contributed by atoms with van der Waals surface area (Å²) in [4.78, 5) is 36.1. The van der Waals surface area contributed by atoms with Gasteiger partial charge in [0.05, 0.1) is 24.4 Å². The zero-order valence-corrected chi connectivity index (χ0v) is 21.5. The molecule has 2 atom stereocenters. The maximum Gasteiger partial charge on any atom is 0.338 e. The summed E-state index contributed by atoms with van der Waals surface area (Å²) >= 11 is 7.74. The quantitative estimate of drug-likeness (QED) is 0.518. The number of carboxylic acids is 1. The van der Waals surface area contributed by atoms with Crippen LogP contribution in [0.4, 0.5) is 4.39 Å². The molecule has 192 valence electrons. The van der Waals surface area contributed by atoms with Crippen LogP contribution >= 0.6 is 22.9 Å². The maximum atomic E-state index is 13.8. The number of esters is 1. The van der Waals surface area contributed by atoms with Crippen molar-refractivity contribution >= 4 is 40.7 Å². The minimum atomic E-state index is -1.04. The van der Waals surface area contributed by atoms with E-state index in [2.05, 4.69) is 10.3 Å². The number of benzene rings is 1. The summed E-state index contributed by atoms with van der Waals surface area (Å²) < 4.78 is 24.9. The first kappa shape index (κ1) is 26.2. The Hall–Kier alpha value is -2.86. The van der Waals surface area contributed by atoms with Crippen molar-refractivity contribution in [2.24, 2.45) is 4.99 Å². The van der Waals surface area contributed by atoms with Crippen molar-refractivity contribution in [1.29, 1.82) is 0 Å². The summed E-state index contributed by atoms with van der Waals surface area (Å²) in [5, 5.41) is 15.5. The van der Waals surface area contributed by atoms with Crippen molar-refractivity contribution in [2.75, 3.05) is 26.3 Å². The number of halogens is 2. The minimum Gasteiger partial charge on any atom is -0.480 e. The van der Waals surface area contributed by atoms with Crippen molar-refractivity contribution in [1.82, 2.24) is 15.2 Å². The number of hydrogen-bond donors (Lipinski definition) is 2. The van der Waals surface area contributed by atoms with E-state index < -0.39 is 35.4 Å². The number of hydrogen-bond acceptors (Lipinski definition) is 9. The molecule has 9 nitrogen and oxygen atoms in total. The second-order valence-electron chi connectivity index (χ2n) is 8.95. The van der Waals surface area contributed by atoms with Gasteiger partial charge in [0.25, 0.3) is 0 Å². The SMILES string of the molecule is CCOC(=O)C1=C(CN2CC(C)(C)OCC2C(=O)O)NC(c2nccs2)=NC1c1ccc(F)cc1Cl. The van der Waals surface area contributed by atoms with Gasteiger partial charge < -0.3 is 19.9 Å². The lowest BCUT2D eigenvalue weighted by molar-refractivity contribution is -0.161. The lowest BCUT2D eigenvalue weighted by atomic mass is 9.94. The molecule has 1 fully saturated rings. The third-order valence-electron chi connectivity index (χ3n) is 5.82. The number of carboxylic acid groups (broad SMARTS) is 1. The Morgan fingerprint density at radius 3 is 2.83 bits per heavy atom. The third kappa shape index (κ3) is 5.59. The molecule has 2 N–H and O–H groups in total. The van der Waals surface area contributed by atoms with E-state index in [4.69, 9.17) is 26.1 Å². The highest BCUT2D eigenvalue weighted by Crippen LogP contribution is 2.37. The average molecular weight is 537 g/mol. The van der Waals surface area contributed by atoms with Gasteiger partial charge in [-0.25, -0.2) is 14.2 Å². The molecular weight excluding hydrogens is 511 g/mol. The van der Waals surface area contributed by atoms with Crippen LogP contribution in [0.3, 0.4) is 0 Å². The number of aliphatic carboxylic acids is 1. The first-order valence-electron chi connectivity index (χ1n) is 11.3. The summed E-state index contributed by atoms with van der Waals surface area (Å²) in [6.45, 7) is 5.90. The number of morpholine rings is 1. The molecule has 0 bridgehead atoms. The van der Waals surface area contributed by atoms with Gasteiger partial charge in [-0.2, -0.15) is 0 Å². The number of aromatic nitrogens is 1. The average Bonchev–Trinajstić information content (AvgIpc) is 3.33. The van der Waals surface area contributed by atoms with Gasteiger partial charge in [-0.15, -0.1) is 11.3 Å². The second-order valence-corrected chi connectivity index (χ2v) is 10.3. The lowest BCUT2D eigenvalue weighted by Gasteiger charge is -2.42. The lowest BCUT2D eigenvalue weighted by Crippen LogP contribution is -2.58. The molecule has 2 aliphatic heterocycles. The second kappa shape index (κ2) is 10.6. The molecule has 0 radical (unpaired) electrons. The largest absolute Gasteiger partial charge is 0.480 e. The summed E-state index contributed by atoms with van der Waals surface area (Å²) in [5.74, 6) is -1.81. The fourth-order valence-corrected chi connectivity index (χ4v) is 5.08. The first-order valence-corrected chi connectivity index (χ1v) is 12.6. The first-order chi connectivity index (χ1) is 17.1. The molecule has 2 aromatic rings. The summed E-state index contributed by atoms with van der Waals surface area (Å²) in [6, 6.07) is 2.03. The maximum absolute atomic E-state index is 13.8. The van der Waals surface area contributed by atoms with Crippen LogP contribution in [0, 0.1) is 5.82 Å². The van der Waals surface area contributed by atoms with Crippen LogP contribution in [-0.4, -0.2) is 70.7 Å². The van der Waals surface area contributed by atoms with Gasteiger partial charge in [0.2, 0.25) is 0 Å². The molecule has 2 unspecified atom stereocenters. The third-order valence-corrected chi connectivity index (χ3v) is 6.92. The summed E-state index contributed by atoms with van der Waals surface area (Å²) in [7, 11) is 0. The van der Waals surface area contributed by atoms with Crippen molar-refractivity contribution < 1.29 is 28.6 Å². The molecule has 1 saturated heterocycles. The van der Waals surface area contributed by atoms with Crippen molar-refractivity contribution in [3.05, 3.63) is 62.5 Å². The Morgan fingerprint density at radius 2 is 2.19 bits per heavy atom. The number of thiazole rings is 1. The standard InChI is InChI=1S/C24H26ClFN4O5S/c1-4-34-23(33)18-16(10-30-12-24(2,3)35-11-17(30)22(31)32)28-20(21-27-7-8-36-21)29-19(18)14-6-5-13(26)9-15(14)25/h5-9,17,19H,4,10-12H2,1-3H3,(H,28,29)(H,31,32). The summed E-state index contributed by atoms with van der Waals surface area (Å²) in [5.41, 5.74) is 0.380. The molecule has 0 saturated carbocycles. The highest BCUT2D eigenvalue weighted by Gasteiger charge is 2.40. The van der Waals surface area contributed by atoms with Crippen LogP contribution in [-0.2, 0) is 19.1 Å². The summed E-state index contributed by atoms with van der Waals surface area (Å²) in [6.07, 6.45) is 1.62. The predicted octanol–water partition coefficient (Wildman–Crippen LogP) is 3.41. The van der Waals surface area contributed by atoms with E-state index in [1.54, 1.807) is 23.4 Å². The monoisotopic (exact) mass is 536 g/mol. The number of carbonyl (C=O) groups excluding carboxylic acids is 1. The van der Waals surface area contributed by atoms with Gasteiger partial charge >= 0.3 is 11.9 Å². The van der Waals surface area contributed by atoms with Gasteiger partial charge in [0.15, 0.2) is 10.8 Å². The van der Waals surface area contributed by atoms with Crippen molar-refractivity contribution in [2.45, 2.75) is 38.5 Å². The Bertz CT molecular complexity index is 1220. The van der Waals surface area contributed by atoms with E-state index in [1.165, 1.54) is 23.5 Å². The van der Waals surface area contributed by atoms with E-state index in [1.807, 2.05) is 13.8 Å². The number of ether oxygens (including phenoxy) is 2. The Balaban J connectivity index is 1.85. The van der Waals surface area contributed by atoms with Crippen molar-refractivity contribution in [3.63, 3.8) is 0 Å². The molecule has 4 rings (SSSR count). The van der Waals surface area contributed by atoms with E-state index in [-0.39, 0.29) is 30.4 Å². The van der Waals surface area contributed by atoms with Crippen LogP contribution in [0.15, 0.2) is 46.0 Å². The highest BCUT2D eigenvalue weighted by molar-refractivity contribution is 7.11. The van der Waals surface area contributed by atoms with Crippen molar-refractivity contribution in [3.8, 4) is 0 Å². The highest BCUT2D eigenvalue weighted by atomic mass is 35.5. The predicted molar refractivity (Wildman–Crippen MR) is 133 cm³/mol. The molecular formula is C24H26ClFN4O5S. The van der Waals surface area contributed by atoms with Gasteiger partial charge in [0, 0.05) is 40.9 Å². The number of nitrogens with one attached hydrogen (secondary N) is 1. The fraction of sp³-hybridized carbons (Fsp3) is 0.417. The smallest absolute Gasteiger partial charge is 0.338 e. The molecule has 0 aliphatic carbocycles. The topological polar surface area (TPSA) is 113 Å². The molecule has 36 heavy (non-hydrogen) atoms. The van der Waals surface area contributed by atoms with Crippen LogP contribution in [0.1, 0.15) is 37.4 Å². The molecule has 1 aromatic heterocycles. The normalized spacial score (nSPS) is 22.1. The van der Waals surface area contributed by atoms with E-state index in [0.29, 0.717) is 28.6 Å². The number of amidine groups is 1. The fourth-order valence-electron chi connectivity index (χ4n) is 4.22.